The van der Waals surface area contributed by atoms with Crippen LogP contribution in [0, 0.1) is 0 Å². The van der Waals surface area contributed by atoms with E-state index < -0.39 is 0 Å². The first kappa shape index (κ1) is 24.6. The van der Waals surface area contributed by atoms with Crippen molar-refractivity contribution < 1.29 is 14.3 Å². The van der Waals surface area contributed by atoms with E-state index in [1.165, 1.54) is 32.1 Å². The van der Waals surface area contributed by atoms with Gasteiger partial charge in [-0.3, -0.25) is 9.59 Å². The Morgan fingerprint density at radius 1 is 0.909 bits per heavy atom. The Balaban J connectivity index is 1.40. The fraction of sp³-hybridized carbons (Fsp3) is 0.481. The van der Waals surface area contributed by atoms with E-state index in [0.29, 0.717) is 17.9 Å². The zero-order chi connectivity index (χ0) is 23.3. The molecule has 0 unspecified atom stereocenters. The maximum Gasteiger partial charge on any atom is 0.253 e. The van der Waals surface area contributed by atoms with Gasteiger partial charge in [-0.05, 0) is 62.1 Å². The Labute approximate surface area is 197 Å². The van der Waals surface area contributed by atoms with Crippen LogP contribution in [0.15, 0.2) is 48.5 Å². The minimum atomic E-state index is -0.146. The average Bonchev–Trinajstić information content (AvgIpc) is 2.86. The summed E-state index contributed by atoms with van der Waals surface area (Å²) in [7, 11) is 0. The number of amides is 2. The van der Waals surface area contributed by atoms with Gasteiger partial charge in [-0.2, -0.15) is 0 Å². The van der Waals surface area contributed by atoms with Crippen molar-refractivity contribution in [2.45, 2.75) is 58.3 Å². The summed E-state index contributed by atoms with van der Waals surface area (Å²) in [5, 5.41) is 6.02. The second-order valence-corrected chi connectivity index (χ2v) is 8.62. The Morgan fingerprint density at radius 3 is 2.42 bits per heavy atom. The third-order valence-electron chi connectivity index (χ3n) is 5.86. The highest BCUT2D eigenvalue weighted by atomic mass is 16.5. The predicted molar refractivity (Wildman–Crippen MR) is 134 cm³/mol. The van der Waals surface area contributed by atoms with Gasteiger partial charge >= 0.3 is 0 Å². The molecule has 0 saturated carbocycles. The molecule has 0 atom stereocenters. The topological polar surface area (TPSA) is 70.7 Å². The summed E-state index contributed by atoms with van der Waals surface area (Å²) in [4.78, 5) is 26.8. The van der Waals surface area contributed by atoms with Crippen molar-refractivity contribution >= 4 is 23.2 Å². The number of nitrogens with zero attached hydrogens (tertiary/aromatic N) is 1. The van der Waals surface area contributed by atoms with Crippen LogP contribution in [0.1, 0.15) is 68.6 Å². The summed E-state index contributed by atoms with van der Waals surface area (Å²) >= 11 is 0. The highest BCUT2D eigenvalue weighted by molar-refractivity contribution is 5.96. The standard InChI is InChI=1S/C27H37N3O3/c1-2-3-4-5-9-19-33-25-12-10-11-24(20-25)28-21-26(31)29-23-15-13-22(14-16-23)27(32)30-17-7-6-8-18-30/h10-16,20,28H,2-9,17-19,21H2,1H3,(H,29,31). The largest absolute Gasteiger partial charge is 0.494 e. The van der Waals surface area contributed by atoms with E-state index in [1.54, 1.807) is 24.3 Å². The lowest BCUT2D eigenvalue weighted by Gasteiger charge is -2.26. The van der Waals surface area contributed by atoms with E-state index in [0.717, 1.165) is 43.8 Å². The lowest BCUT2D eigenvalue weighted by atomic mass is 10.1. The molecule has 1 aliphatic rings. The Morgan fingerprint density at radius 2 is 1.67 bits per heavy atom. The van der Waals surface area contributed by atoms with Gasteiger partial charge < -0.3 is 20.3 Å². The first-order chi connectivity index (χ1) is 16.2. The molecule has 1 heterocycles. The van der Waals surface area contributed by atoms with Gasteiger partial charge in [0, 0.05) is 36.1 Å². The van der Waals surface area contributed by atoms with Crippen molar-refractivity contribution in [3.63, 3.8) is 0 Å². The van der Waals surface area contributed by atoms with Gasteiger partial charge in [-0.15, -0.1) is 0 Å². The number of rotatable bonds is 12. The van der Waals surface area contributed by atoms with Crippen LogP contribution in [0.3, 0.4) is 0 Å². The van der Waals surface area contributed by atoms with Crippen molar-refractivity contribution in [3.8, 4) is 5.75 Å². The lowest BCUT2D eigenvalue weighted by Crippen LogP contribution is -2.35. The van der Waals surface area contributed by atoms with Gasteiger partial charge in [-0.1, -0.05) is 38.7 Å². The minimum Gasteiger partial charge on any atom is -0.494 e. The average molecular weight is 452 g/mol. The summed E-state index contributed by atoms with van der Waals surface area (Å²) in [6, 6.07) is 14.8. The predicted octanol–water partition coefficient (Wildman–Crippen LogP) is 5.71. The third-order valence-corrected chi connectivity index (χ3v) is 5.86. The van der Waals surface area contributed by atoms with Crippen LogP contribution in [-0.2, 0) is 4.79 Å². The summed E-state index contributed by atoms with van der Waals surface area (Å²) in [6.45, 7) is 4.73. The number of unbranched alkanes of at least 4 members (excludes halogenated alkanes) is 4. The maximum atomic E-state index is 12.6. The Bertz CT molecular complexity index is 876. The Hall–Kier alpha value is -3.02. The van der Waals surface area contributed by atoms with Crippen LogP contribution in [0.2, 0.25) is 0 Å². The summed E-state index contributed by atoms with van der Waals surface area (Å²) in [5.74, 6) is 0.731. The molecule has 2 aromatic rings. The van der Waals surface area contributed by atoms with Crippen molar-refractivity contribution in [1.29, 1.82) is 0 Å². The molecular formula is C27H37N3O3. The van der Waals surface area contributed by atoms with Crippen molar-refractivity contribution in [1.82, 2.24) is 4.90 Å². The minimum absolute atomic E-state index is 0.0669. The molecule has 2 amide bonds. The highest BCUT2D eigenvalue weighted by Gasteiger charge is 2.18. The van der Waals surface area contributed by atoms with Gasteiger partial charge in [0.2, 0.25) is 5.91 Å². The van der Waals surface area contributed by atoms with Gasteiger partial charge in [0.25, 0.3) is 5.91 Å². The third kappa shape index (κ3) is 8.44. The number of likely N-dealkylation sites (tertiary alicyclic amines) is 1. The normalized spacial score (nSPS) is 13.4. The van der Waals surface area contributed by atoms with Crippen LogP contribution in [-0.4, -0.2) is 43.0 Å². The zero-order valence-corrected chi connectivity index (χ0v) is 19.8. The summed E-state index contributed by atoms with van der Waals surface area (Å²) in [6.07, 6.45) is 9.37. The van der Waals surface area contributed by atoms with Gasteiger partial charge in [0.05, 0.1) is 13.2 Å². The highest BCUT2D eigenvalue weighted by Crippen LogP contribution is 2.18. The van der Waals surface area contributed by atoms with Crippen LogP contribution in [0.25, 0.3) is 0 Å². The number of carbonyl (C=O) groups excluding carboxylic acids is 2. The van der Waals surface area contributed by atoms with E-state index in [1.807, 2.05) is 29.2 Å². The molecule has 6 nitrogen and oxygen atoms in total. The molecule has 0 aromatic heterocycles. The van der Waals surface area contributed by atoms with E-state index in [9.17, 15) is 9.59 Å². The Kier molecular flexibility index (Phi) is 10.1. The van der Waals surface area contributed by atoms with Gasteiger partial charge in [0.15, 0.2) is 0 Å². The smallest absolute Gasteiger partial charge is 0.253 e. The van der Waals surface area contributed by atoms with Gasteiger partial charge in [0.1, 0.15) is 5.75 Å². The molecule has 0 bridgehead atoms. The quantitative estimate of drug-likeness (QED) is 0.405. The summed E-state index contributed by atoms with van der Waals surface area (Å²) in [5.41, 5.74) is 2.18. The first-order valence-electron chi connectivity index (χ1n) is 12.3. The molecule has 0 spiro atoms. The molecule has 2 N–H and O–H groups in total. The molecular weight excluding hydrogens is 414 g/mol. The molecule has 2 aromatic carbocycles. The van der Waals surface area contributed by atoms with Crippen LogP contribution in [0.5, 0.6) is 5.75 Å². The SMILES string of the molecule is CCCCCCCOc1cccc(NCC(=O)Nc2ccc(C(=O)N3CCCCC3)cc2)c1. The summed E-state index contributed by atoms with van der Waals surface area (Å²) < 4.78 is 5.83. The van der Waals surface area contributed by atoms with E-state index in [-0.39, 0.29) is 18.4 Å². The van der Waals surface area contributed by atoms with E-state index in [4.69, 9.17) is 4.74 Å². The molecule has 178 valence electrons. The van der Waals surface area contributed by atoms with Crippen molar-refractivity contribution in [2.75, 3.05) is 36.9 Å². The first-order valence-corrected chi connectivity index (χ1v) is 12.3. The van der Waals surface area contributed by atoms with Crippen LogP contribution < -0.4 is 15.4 Å². The monoisotopic (exact) mass is 451 g/mol. The molecule has 1 fully saturated rings. The number of carbonyl (C=O) groups is 2. The molecule has 3 rings (SSSR count). The second-order valence-electron chi connectivity index (χ2n) is 8.62. The number of piperidine rings is 1. The van der Waals surface area contributed by atoms with Crippen molar-refractivity contribution in [2.24, 2.45) is 0 Å². The van der Waals surface area contributed by atoms with Crippen molar-refractivity contribution in [3.05, 3.63) is 54.1 Å². The number of ether oxygens (including phenoxy) is 1. The molecule has 0 aliphatic carbocycles. The molecule has 1 saturated heterocycles. The second kappa shape index (κ2) is 13.5. The molecule has 1 aliphatic heterocycles. The molecule has 0 radical (unpaired) electrons. The molecule has 6 heteroatoms. The fourth-order valence-electron chi connectivity index (χ4n) is 3.95. The van der Waals surface area contributed by atoms with E-state index >= 15 is 0 Å². The molecule has 33 heavy (non-hydrogen) atoms. The number of benzene rings is 2. The maximum absolute atomic E-state index is 12.6. The fourth-order valence-corrected chi connectivity index (χ4v) is 3.95. The zero-order valence-electron chi connectivity index (χ0n) is 19.8. The van der Waals surface area contributed by atoms with E-state index in [2.05, 4.69) is 17.6 Å². The van der Waals surface area contributed by atoms with Gasteiger partial charge in [-0.25, -0.2) is 0 Å². The number of hydrogen-bond donors (Lipinski definition) is 2. The lowest BCUT2D eigenvalue weighted by molar-refractivity contribution is -0.114. The van der Waals surface area contributed by atoms with Crippen LogP contribution in [0.4, 0.5) is 11.4 Å². The number of anilines is 2. The van der Waals surface area contributed by atoms with Crippen LogP contribution >= 0.6 is 0 Å². The number of hydrogen-bond acceptors (Lipinski definition) is 4. The number of nitrogens with one attached hydrogen (secondary N) is 2.